The fourth-order valence-corrected chi connectivity index (χ4v) is 2.18. The van der Waals surface area contributed by atoms with E-state index in [1.807, 2.05) is 31.2 Å². The zero-order valence-electron chi connectivity index (χ0n) is 13.1. The van der Waals surface area contributed by atoms with Crippen molar-refractivity contribution in [3.63, 3.8) is 0 Å². The van der Waals surface area contributed by atoms with Crippen LogP contribution in [0, 0.1) is 13.8 Å². The number of ketones is 1. The van der Waals surface area contributed by atoms with Gasteiger partial charge in [-0.15, -0.1) is 0 Å². The summed E-state index contributed by atoms with van der Waals surface area (Å²) in [5.41, 5.74) is 3.10. The highest BCUT2D eigenvalue weighted by molar-refractivity contribution is 6.39. The van der Waals surface area contributed by atoms with Crippen molar-refractivity contribution in [2.24, 2.45) is 0 Å². The molecule has 0 aliphatic carbocycles. The van der Waals surface area contributed by atoms with Gasteiger partial charge in [-0.1, -0.05) is 12.1 Å². The Kier molecular flexibility index (Phi) is 4.60. The Labute approximate surface area is 129 Å². The molecular formula is C16H19N3O3. The van der Waals surface area contributed by atoms with E-state index in [4.69, 9.17) is 4.74 Å². The van der Waals surface area contributed by atoms with Gasteiger partial charge in [0.1, 0.15) is 5.75 Å². The van der Waals surface area contributed by atoms with Crippen molar-refractivity contribution in [2.45, 2.75) is 27.3 Å². The molecule has 0 saturated carbocycles. The number of carbonyl (C=O) groups is 2. The number of carbonyl (C=O) groups excluding carboxylic acids is 2. The van der Waals surface area contributed by atoms with Gasteiger partial charge in [-0.2, -0.15) is 5.10 Å². The molecule has 22 heavy (non-hydrogen) atoms. The first kappa shape index (κ1) is 15.8. The second kappa shape index (κ2) is 6.43. The number of ether oxygens (including phenoxy) is 1. The Hall–Kier alpha value is -2.63. The van der Waals surface area contributed by atoms with Crippen molar-refractivity contribution >= 4 is 17.4 Å². The number of benzene rings is 1. The minimum atomic E-state index is -0.632. The topological polar surface area (TPSA) is 73.2 Å². The van der Waals surface area contributed by atoms with Crippen LogP contribution in [0.2, 0.25) is 0 Å². The Morgan fingerprint density at radius 2 is 2.05 bits per heavy atom. The molecule has 0 fully saturated rings. The highest BCUT2D eigenvalue weighted by Gasteiger charge is 2.16. The maximum absolute atomic E-state index is 11.6. The van der Waals surface area contributed by atoms with Crippen LogP contribution < -0.4 is 10.1 Å². The molecule has 2 aromatic rings. The lowest BCUT2D eigenvalue weighted by molar-refractivity contribution is -0.133. The summed E-state index contributed by atoms with van der Waals surface area (Å²) in [5, 5.41) is 7.03. The number of Topliss-reactive ketones (excluding diaryl/α,β-unsaturated/α-hetero) is 1. The highest BCUT2D eigenvalue weighted by Crippen LogP contribution is 2.21. The lowest BCUT2D eigenvalue weighted by Crippen LogP contribution is -2.20. The molecule has 0 bridgehead atoms. The third-order valence-electron chi connectivity index (χ3n) is 3.41. The molecule has 0 atom stereocenters. The average molecular weight is 301 g/mol. The minimum absolute atomic E-state index is 0.528. The zero-order chi connectivity index (χ0) is 16.3. The molecule has 0 aliphatic heterocycles. The lowest BCUT2D eigenvalue weighted by atomic mass is 10.2. The number of rotatable bonds is 5. The molecule has 0 unspecified atom stereocenters. The summed E-state index contributed by atoms with van der Waals surface area (Å²) >= 11 is 0. The summed E-state index contributed by atoms with van der Waals surface area (Å²) in [6.07, 6.45) is 0. The van der Waals surface area contributed by atoms with E-state index in [0.717, 1.165) is 17.0 Å². The van der Waals surface area contributed by atoms with Gasteiger partial charge in [0.25, 0.3) is 5.91 Å². The predicted octanol–water partition coefficient (Wildman–Crippen LogP) is 2.08. The van der Waals surface area contributed by atoms with Crippen molar-refractivity contribution < 1.29 is 14.3 Å². The van der Waals surface area contributed by atoms with Gasteiger partial charge in [0.15, 0.2) is 0 Å². The van der Waals surface area contributed by atoms with E-state index in [2.05, 4.69) is 10.4 Å². The Bertz CT molecular complexity index is 719. The summed E-state index contributed by atoms with van der Waals surface area (Å²) in [5.74, 6) is -0.379. The number of amides is 1. The molecule has 1 N–H and O–H groups in total. The first-order chi connectivity index (χ1) is 10.4. The quantitative estimate of drug-likeness (QED) is 0.858. The van der Waals surface area contributed by atoms with E-state index < -0.39 is 11.7 Å². The molecule has 0 spiro atoms. The van der Waals surface area contributed by atoms with Gasteiger partial charge >= 0.3 is 0 Å². The molecule has 6 heteroatoms. The van der Waals surface area contributed by atoms with E-state index >= 15 is 0 Å². The number of methoxy groups -OCH3 is 1. The molecule has 6 nitrogen and oxygen atoms in total. The van der Waals surface area contributed by atoms with Crippen molar-refractivity contribution in [1.29, 1.82) is 0 Å². The van der Waals surface area contributed by atoms with Crippen LogP contribution in [0.1, 0.15) is 23.9 Å². The number of aryl methyl sites for hydroxylation is 1. The molecule has 2 rings (SSSR count). The molecule has 0 radical (unpaired) electrons. The predicted molar refractivity (Wildman–Crippen MR) is 83.1 cm³/mol. The van der Waals surface area contributed by atoms with Crippen molar-refractivity contribution in [3.05, 3.63) is 41.2 Å². The van der Waals surface area contributed by atoms with Crippen molar-refractivity contribution in [2.75, 3.05) is 12.4 Å². The van der Waals surface area contributed by atoms with Gasteiger partial charge in [0.2, 0.25) is 5.78 Å². The SMILES string of the molecule is COc1cccc(Cn2nc(C)c(NC(=O)C(C)=O)c2C)c1. The first-order valence-electron chi connectivity index (χ1n) is 6.91. The summed E-state index contributed by atoms with van der Waals surface area (Å²) in [6, 6.07) is 7.71. The lowest BCUT2D eigenvalue weighted by Gasteiger charge is -2.07. The van der Waals surface area contributed by atoms with E-state index in [1.54, 1.807) is 18.7 Å². The number of nitrogens with one attached hydrogen (secondary N) is 1. The highest BCUT2D eigenvalue weighted by atomic mass is 16.5. The van der Waals surface area contributed by atoms with Gasteiger partial charge in [-0.3, -0.25) is 14.3 Å². The van der Waals surface area contributed by atoms with E-state index in [0.29, 0.717) is 17.9 Å². The van der Waals surface area contributed by atoms with E-state index in [9.17, 15) is 9.59 Å². The van der Waals surface area contributed by atoms with Crippen LogP contribution in [0.5, 0.6) is 5.75 Å². The average Bonchev–Trinajstić information content (AvgIpc) is 2.75. The normalized spacial score (nSPS) is 10.4. The van der Waals surface area contributed by atoms with Crippen LogP contribution >= 0.6 is 0 Å². The van der Waals surface area contributed by atoms with Crippen LogP contribution in [0.25, 0.3) is 0 Å². The van der Waals surface area contributed by atoms with Crippen LogP contribution in [-0.2, 0) is 16.1 Å². The first-order valence-corrected chi connectivity index (χ1v) is 6.91. The molecule has 116 valence electrons. The second-order valence-electron chi connectivity index (χ2n) is 5.07. The monoisotopic (exact) mass is 301 g/mol. The summed E-state index contributed by atoms with van der Waals surface area (Å²) in [6.45, 7) is 5.45. The number of anilines is 1. The number of nitrogens with zero attached hydrogens (tertiary/aromatic N) is 2. The van der Waals surface area contributed by atoms with E-state index in [-0.39, 0.29) is 0 Å². The maximum Gasteiger partial charge on any atom is 0.291 e. The van der Waals surface area contributed by atoms with Crippen LogP contribution in [0.3, 0.4) is 0 Å². The third-order valence-corrected chi connectivity index (χ3v) is 3.41. The smallest absolute Gasteiger partial charge is 0.291 e. The molecule has 0 saturated heterocycles. The molecule has 1 aromatic carbocycles. The number of hydrogen-bond donors (Lipinski definition) is 1. The maximum atomic E-state index is 11.6. The molecule has 0 aliphatic rings. The van der Waals surface area contributed by atoms with Gasteiger partial charge in [-0.05, 0) is 31.5 Å². The Morgan fingerprint density at radius 1 is 1.32 bits per heavy atom. The zero-order valence-corrected chi connectivity index (χ0v) is 13.1. The largest absolute Gasteiger partial charge is 0.497 e. The number of hydrogen-bond acceptors (Lipinski definition) is 4. The van der Waals surface area contributed by atoms with Crippen molar-refractivity contribution in [3.8, 4) is 5.75 Å². The third kappa shape index (κ3) is 3.33. The van der Waals surface area contributed by atoms with Crippen LogP contribution in [-0.4, -0.2) is 28.6 Å². The van der Waals surface area contributed by atoms with E-state index in [1.165, 1.54) is 6.92 Å². The standard InChI is InChI=1S/C16H19N3O3/c1-10-15(17-16(21)12(3)20)11(2)19(18-10)9-13-6-5-7-14(8-13)22-4/h5-8H,9H2,1-4H3,(H,17,21). The summed E-state index contributed by atoms with van der Waals surface area (Å²) < 4.78 is 7.00. The summed E-state index contributed by atoms with van der Waals surface area (Å²) in [7, 11) is 1.62. The Balaban J connectivity index is 2.25. The fourth-order valence-electron chi connectivity index (χ4n) is 2.18. The van der Waals surface area contributed by atoms with Crippen LogP contribution in [0.4, 0.5) is 5.69 Å². The van der Waals surface area contributed by atoms with Gasteiger partial charge in [0.05, 0.1) is 30.7 Å². The molecule has 1 heterocycles. The van der Waals surface area contributed by atoms with Crippen molar-refractivity contribution in [1.82, 2.24) is 9.78 Å². The van der Waals surface area contributed by atoms with Gasteiger partial charge in [0, 0.05) is 6.92 Å². The van der Waals surface area contributed by atoms with Gasteiger partial charge < -0.3 is 10.1 Å². The minimum Gasteiger partial charge on any atom is -0.497 e. The fraction of sp³-hybridized carbons (Fsp3) is 0.312. The number of aromatic nitrogens is 2. The Morgan fingerprint density at radius 3 is 2.68 bits per heavy atom. The molecule has 1 aromatic heterocycles. The van der Waals surface area contributed by atoms with Crippen LogP contribution in [0.15, 0.2) is 24.3 Å². The van der Waals surface area contributed by atoms with Gasteiger partial charge in [-0.25, -0.2) is 0 Å². The molecule has 1 amide bonds. The molecular weight excluding hydrogens is 282 g/mol. The summed E-state index contributed by atoms with van der Waals surface area (Å²) in [4.78, 5) is 22.6. The second-order valence-corrected chi connectivity index (χ2v) is 5.07.